The minimum atomic E-state index is -0.345. The number of hydrogen-bond donors (Lipinski definition) is 3. The molecule has 0 saturated carbocycles. The Bertz CT molecular complexity index is 610. The number of carbonyl (C=O) groups is 2. The van der Waals surface area contributed by atoms with Crippen molar-refractivity contribution in [3.63, 3.8) is 0 Å². The zero-order valence-corrected chi connectivity index (χ0v) is 17.1. The number of urea groups is 1. The molecule has 0 atom stereocenters. The molecule has 3 amide bonds. The molecule has 0 spiro atoms. The van der Waals surface area contributed by atoms with Crippen molar-refractivity contribution in [2.45, 2.75) is 13.3 Å². The Hall–Kier alpha value is -1.55. The van der Waals surface area contributed by atoms with Crippen molar-refractivity contribution in [2.75, 3.05) is 32.7 Å². The second-order valence-electron chi connectivity index (χ2n) is 5.23. The molecule has 138 valence electrons. The van der Waals surface area contributed by atoms with Crippen molar-refractivity contribution in [3.8, 4) is 0 Å². The lowest BCUT2D eigenvalue weighted by Gasteiger charge is -2.15. The molecule has 25 heavy (non-hydrogen) atoms. The summed E-state index contributed by atoms with van der Waals surface area (Å²) in [7, 11) is 0. The summed E-state index contributed by atoms with van der Waals surface area (Å²) in [6.45, 7) is 4.10. The molecule has 3 N–H and O–H groups in total. The highest BCUT2D eigenvalue weighted by molar-refractivity contribution is 14.0. The lowest BCUT2D eigenvalue weighted by Crippen LogP contribution is -2.43. The van der Waals surface area contributed by atoms with Crippen LogP contribution in [-0.4, -0.2) is 55.5 Å². The maximum atomic E-state index is 11.5. The molecule has 0 unspecified atom stereocenters. The fourth-order valence-electron chi connectivity index (χ4n) is 2.30. The minimum absolute atomic E-state index is 0. The van der Waals surface area contributed by atoms with Gasteiger partial charge in [-0.05, 0) is 25.0 Å². The van der Waals surface area contributed by atoms with Gasteiger partial charge in [0.15, 0.2) is 5.96 Å². The first-order valence-corrected chi connectivity index (χ1v) is 8.33. The van der Waals surface area contributed by atoms with Crippen molar-refractivity contribution in [1.29, 1.82) is 0 Å². The van der Waals surface area contributed by atoms with E-state index in [0.717, 1.165) is 23.6 Å². The number of imide groups is 1. The Morgan fingerprint density at radius 1 is 1.32 bits per heavy atom. The van der Waals surface area contributed by atoms with Gasteiger partial charge in [-0.25, -0.2) is 4.79 Å². The highest BCUT2D eigenvalue weighted by atomic mass is 127. The topological polar surface area (TPSA) is 85.8 Å². The van der Waals surface area contributed by atoms with Crippen LogP contribution in [0, 0.1) is 0 Å². The standard InChI is InChI=1S/C16H22ClN5O2.HI/c1-2-18-15(19-8-7-12-5-3-4-6-13(12)17)20-9-10-22-14(23)11-21-16(22)24;/h3-6H,2,7-11H2,1H3,(H,21,24)(H2,18,19,20);1H. The predicted octanol–water partition coefficient (Wildman–Crippen LogP) is 1.61. The van der Waals surface area contributed by atoms with Crippen LogP contribution in [-0.2, 0) is 11.2 Å². The average Bonchev–Trinajstić information content (AvgIpc) is 2.88. The fraction of sp³-hybridized carbons (Fsp3) is 0.438. The van der Waals surface area contributed by atoms with Gasteiger partial charge in [0.1, 0.15) is 0 Å². The number of rotatable bonds is 7. The van der Waals surface area contributed by atoms with E-state index in [1.54, 1.807) is 0 Å². The van der Waals surface area contributed by atoms with Gasteiger partial charge in [-0.3, -0.25) is 14.7 Å². The molecule has 1 aliphatic rings. The van der Waals surface area contributed by atoms with Crippen LogP contribution in [0.25, 0.3) is 0 Å². The highest BCUT2D eigenvalue weighted by Crippen LogP contribution is 2.15. The second-order valence-corrected chi connectivity index (χ2v) is 5.64. The Kier molecular flexibility index (Phi) is 9.58. The summed E-state index contributed by atoms with van der Waals surface area (Å²) in [5.74, 6) is 0.444. The third-order valence-corrected chi connectivity index (χ3v) is 3.89. The van der Waals surface area contributed by atoms with Gasteiger partial charge in [0.2, 0.25) is 5.91 Å². The molecule has 0 aromatic heterocycles. The van der Waals surface area contributed by atoms with Gasteiger partial charge in [-0.15, -0.1) is 24.0 Å². The van der Waals surface area contributed by atoms with E-state index < -0.39 is 0 Å². The zero-order valence-electron chi connectivity index (χ0n) is 14.0. The number of benzene rings is 1. The quantitative estimate of drug-likeness (QED) is 0.240. The van der Waals surface area contributed by atoms with Crippen LogP contribution < -0.4 is 16.0 Å². The van der Waals surface area contributed by atoms with Crippen LogP contribution >= 0.6 is 35.6 Å². The summed E-state index contributed by atoms with van der Waals surface area (Å²) < 4.78 is 0. The summed E-state index contributed by atoms with van der Waals surface area (Å²) in [6, 6.07) is 7.35. The Balaban J connectivity index is 0.00000312. The van der Waals surface area contributed by atoms with Crippen molar-refractivity contribution >= 4 is 53.5 Å². The number of aliphatic imine (C=N–C) groups is 1. The summed E-state index contributed by atoms with van der Waals surface area (Å²) in [4.78, 5) is 28.6. The zero-order chi connectivity index (χ0) is 17.4. The molecule has 0 bridgehead atoms. The maximum Gasteiger partial charge on any atom is 0.324 e. The van der Waals surface area contributed by atoms with E-state index in [1.165, 1.54) is 4.90 Å². The van der Waals surface area contributed by atoms with Crippen LogP contribution in [0.1, 0.15) is 12.5 Å². The van der Waals surface area contributed by atoms with Gasteiger partial charge in [-0.2, -0.15) is 0 Å². The summed E-state index contributed by atoms with van der Waals surface area (Å²) >= 11 is 6.13. The SMILES string of the molecule is CCNC(=NCCc1ccccc1Cl)NCCN1C(=O)CNC1=O.I. The summed E-state index contributed by atoms with van der Waals surface area (Å²) in [6.07, 6.45) is 0.739. The first kappa shape index (κ1) is 21.5. The number of carbonyl (C=O) groups excluding carboxylic acids is 2. The molecule has 0 aliphatic carbocycles. The molecular weight excluding hydrogens is 457 g/mol. The van der Waals surface area contributed by atoms with Crippen LogP contribution in [0.3, 0.4) is 0 Å². The molecule has 1 saturated heterocycles. The first-order valence-electron chi connectivity index (χ1n) is 7.95. The van der Waals surface area contributed by atoms with Crippen LogP contribution in [0.5, 0.6) is 0 Å². The minimum Gasteiger partial charge on any atom is -0.357 e. The van der Waals surface area contributed by atoms with Gasteiger partial charge in [0.25, 0.3) is 0 Å². The van der Waals surface area contributed by atoms with Crippen molar-refractivity contribution in [1.82, 2.24) is 20.9 Å². The average molecular weight is 480 g/mol. The number of nitrogens with zero attached hydrogens (tertiary/aromatic N) is 2. The summed E-state index contributed by atoms with van der Waals surface area (Å²) in [5.41, 5.74) is 1.05. The highest BCUT2D eigenvalue weighted by Gasteiger charge is 2.27. The van der Waals surface area contributed by atoms with E-state index in [2.05, 4.69) is 20.9 Å². The molecule has 1 aromatic carbocycles. The van der Waals surface area contributed by atoms with Crippen molar-refractivity contribution in [3.05, 3.63) is 34.9 Å². The molecule has 1 fully saturated rings. The van der Waals surface area contributed by atoms with Crippen molar-refractivity contribution in [2.24, 2.45) is 4.99 Å². The third-order valence-electron chi connectivity index (χ3n) is 3.52. The monoisotopic (exact) mass is 479 g/mol. The molecular formula is C16H23ClIN5O2. The number of guanidine groups is 1. The Labute approximate surface area is 169 Å². The smallest absolute Gasteiger partial charge is 0.324 e. The lowest BCUT2D eigenvalue weighted by molar-refractivity contribution is -0.124. The van der Waals surface area contributed by atoms with Gasteiger partial charge >= 0.3 is 6.03 Å². The van der Waals surface area contributed by atoms with Gasteiger partial charge in [0, 0.05) is 31.2 Å². The maximum absolute atomic E-state index is 11.5. The molecule has 0 radical (unpaired) electrons. The third kappa shape index (κ3) is 6.69. The number of nitrogens with one attached hydrogen (secondary N) is 3. The molecule has 1 heterocycles. The van der Waals surface area contributed by atoms with Crippen LogP contribution in [0.4, 0.5) is 4.79 Å². The predicted molar refractivity (Wildman–Crippen MR) is 110 cm³/mol. The van der Waals surface area contributed by atoms with E-state index in [0.29, 0.717) is 25.6 Å². The first-order chi connectivity index (χ1) is 11.6. The van der Waals surface area contributed by atoms with Gasteiger partial charge < -0.3 is 16.0 Å². The van der Waals surface area contributed by atoms with E-state index in [4.69, 9.17) is 11.6 Å². The number of amides is 3. The van der Waals surface area contributed by atoms with E-state index in [1.807, 2.05) is 31.2 Å². The van der Waals surface area contributed by atoms with E-state index >= 15 is 0 Å². The lowest BCUT2D eigenvalue weighted by atomic mass is 10.1. The number of halogens is 2. The van der Waals surface area contributed by atoms with Crippen LogP contribution in [0.15, 0.2) is 29.3 Å². The largest absolute Gasteiger partial charge is 0.357 e. The molecule has 7 nitrogen and oxygen atoms in total. The normalized spacial score (nSPS) is 14.2. The molecule has 1 aliphatic heterocycles. The van der Waals surface area contributed by atoms with Crippen LogP contribution in [0.2, 0.25) is 5.02 Å². The molecule has 9 heteroatoms. The molecule has 1 aromatic rings. The van der Waals surface area contributed by atoms with Crippen molar-refractivity contribution < 1.29 is 9.59 Å². The van der Waals surface area contributed by atoms with Gasteiger partial charge in [0.05, 0.1) is 6.54 Å². The Morgan fingerprint density at radius 3 is 2.72 bits per heavy atom. The summed E-state index contributed by atoms with van der Waals surface area (Å²) in [5, 5.41) is 9.49. The molecule has 2 rings (SSSR count). The van der Waals surface area contributed by atoms with E-state index in [9.17, 15) is 9.59 Å². The van der Waals surface area contributed by atoms with Gasteiger partial charge in [-0.1, -0.05) is 29.8 Å². The second kappa shape index (κ2) is 11.1. The number of hydrogen-bond acceptors (Lipinski definition) is 3. The Morgan fingerprint density at radius 2 is 2.08 bits per heavy atom. The van der Waals surface area contributed by atoms with E-state index in [-0.39, 0.29) is 42.5 Å². The fourth-order valence-corrected chi connectivity index (χ4v) is 2.53.